The molecule has 28 heavy (non-hydrogen) atoms. The van der Waals surface area contributed by atoms with Crippen LogP contribution in [0.5, 0.6) is 5.75 Å². The van der Waals surface area contributed by atoms with Gasteiger partial charge in [0.05, 0.1) is 35.3 Å². The van der Waals surface area contributed by atoms with Gasteiger partial charge in [-0.3, -0.25) is 29.7 Å². The molecular weight excluding hydrogens is 374 g/mol. The highest BCUT2D eigenvalue weighted by atomic mass is 16.6. The van der Waals surface area contributed by atoms with E-state index in [1.807, 2.05) is 0 Å². The second kappa shape index (κ2) is 7.57. The van der Waals surface area contributed by atoms with E-state index in [-0.39, 0.29) is 35.1 Å². The van der Waals surface area contributed by atoms with Crippen LogP contribution in [0.2, 0.25) is 0 Å². The number of hydrogen-bond acceptors (Lipinski definition) is 8. The Labute approximate surface area is 156 Å². The van der Waals surface area contributed by atoms with Crippen LogP contribution in [0.4, 0.5) is 17.1 Å². The van der Waals surface area contributed by atoms with Gasteiger partial charge < -0.3 is 14.5 Å². The van der Waals surface area contributed by atoms with Crippen molar-refractivity contribution in [2.75, 3.05) is 12.4 Å². The lowest BCUT2D eigenvalue weighted by Crippen LogP contribution is -2.12. The van der Waals surface area contributed by atoms with Crippen molar-refractivity contribution in [1.29, 1.82) is 0 Å². The second-order valence-corrected chi connectivity index (χ2v) is 5.52. The van der Waals surface area contributed by atoms with Gasteiger partial charge in [-0.15, -0.1) is 0 Å². The highest BCUT2D eigenvalue weighted by Crippen LogP contribution is 2.29. The van der Waals surface area contributed by atoms with E-state index in [0.29, 0.717) is 5.76 Å². The maximum absolute atomic E-state index is 12.4. The number of carbonyl (C=O) groups is 1. The highest BCUT2D eigenvalue weighted by molar-refractivity contribution is 6.03. The van der Waals surface area contributed by atoms with E-state index in [0.717, 1.165) is 6.20 Å². The third-order valence-corrected chi connectivity index (χ3v) is 3.68. The Hall–Kier alpha value is -4.22. The van der Waals surface area contributed by atoms with Crippen LogP contribution >= 0.6 is 0 Å². The van der Waals surface area contributed by atoms with Crippen molar-refractivity contribution >= 4 is 23.0 Å². The number of methoxy groups -OCH3 is 1. The minimum Gasteiger partial charge on any atom is -0.494 e. The van der Waals surface area contributed by atoms with Crippen molar-refractivity contribution in [3.05, 3.63) is 74.5 Å². The number of nitro benzene ring substituents is 1. The Bertz CT molecular complexity index is 1060. The Morgan fingerprint density at radius 2 is 1.96 bits per heavy atom. The summed E-state index contributed by atoms with van der Waals surface area (Å²) in [7, 11) is 1.32. The highest BCUT2D eigenvalue weighted by Gasteiger charge is 2.17. The molecule has 2 aromatic heterocycles. The fourth-order valence-corrected chi connectivity index (χ4v) is 2.36. The van der Waals surface area contributed by atoms with E-state index in [4.69, 9.17) is 9.15 Å². The number of benzene rings is 1. The van der Waals surface area contributed by atoms with Gasteiger partial charge in [0.25, 0.3) is 11.6 Å². The predicted octanol–water partition coefficient (Wildman–Crippen LogP) is 2.60. The first-order valence-corrected chi connectivity index (χ1v) is 7.76. The second-order valence-electron chi connectivity index (χ2n) is 5.52. The first kappa shape index (κ1) is 18.6. The third-order valence-electron chi connectivity index (χ3n) is 3.68. The van der Waals surface area contributed by atoms with Crippen LogP contribution in [0, 0.1) is 20.2 Å². The van der Waals surface area contributed by atoms with E-state index in [2.05, 4.69) is 10.4 Å². The molecule has 0 radical (unpaired) electrons. The Morgan fingerprint density at radius 1 is 1.21 bits per heavy atom. The zero-order valence-electron chi connectivity index (χ0n) is 14.4. The molecule has 12 nitrogen and oxygen atoms in total. The number of ether oxygens (including phenoxy) is 1. The number of carbonyl (C=O) groups excluding carboxylic acids is 1. The van der Waals surface area contributed by atoms with Gasteiger partial charge in [-0.1, -0.05) is 0 Å². The minimum atomic E-state index is -0.593. The zero-order valence-corrected chi connectivity index (χ0v) is 14.4. The topological polar surface area (TPSA) is 156 Å². The molecule has 0 fully saturated rings. The number of nitro groups is 2. The molecule has 1 amide bonds. The lowest BCUT2D eigenvalue weighted by Gasteiger charge is -2.08. The smallest absolute Gasteiger partial charge is 0.307 e. The van der Waals surface area contributed by atoms with Crippen molar-refractivity contribution in [1.82, 2.24) is 9.78 Å². The SMILES string of the molecule is COc1cc([N+](=O)[O-])ccc1NC(=O)c1ccc(Cn2cc([N+](=O)[O-])cn2)o1. The van der Waals surface area contributed by atoms with Crippen LogP contribution in [0.3, 0.4) is 0 Å². The van der Waals surface area contributed by atoms with E-state index in [1.165, 1.54) is 48.3 Å². The molecule has 0 aliphatic heterocycles. The molecule has 0 atom stereocenters. The van der Waals surface area contributed by atoms with Gasteiger partial charge in [0.15, 0.2) is 5.76 Å². The summed E-state index contributed by atoms with van der Waals surface area (Å²) in [6, 6.07) is 6.74. The number of rotatable bonds is 7. The Balaban J connectivity index is 1.72. The average molecular weight is 387 g/mol. The number of aromatic nitrogens is 2. The number of anilines is 1. The summed E-state index contributed by atoms with van der Waals surface area (Å²) in [5, 5.41) is 27.9. The largest absolute Gasteiger partial charge is 0.494 e. The quantitative estimate of drug-likeness (QED) is 0.479. The molecule has 0 saturated carbocycles. The summed E-state index contributed by atoms with van der Waals surface area (Å²) < 4.78 is 11.8. The number of nitrogens with zero attached hydrogens (tertiary/aromatic N) is 4. The molecular formula is C16H13N5O7. The third kappa shape index (κ3) is 3.95. The average Bonchev–Trinajstić information content (AvgIpc) is 3.32. The van der Waals surface area contributed by atoms with Crippen molar-refractivity contribution in [3.8, 4) is 5.75 Å². The van der Waals surface area contributed by atoms with Crippen LogP contribution in [0.1, 0.15) is 16.3 Å². The van der Waals surface area contributed by atoms with Crippen LogP contribution in [-0.2, 0) is 6.54 Å². The van der Waals surface area contributed by atoms with E-state index < -0.39 is 15.8 Å². The van der Waals surface area contributed by atoms with Crippen LogP contribution < -0.4 is 10.1 Å². The predicted molar refractivity (Wildman–Crippen MR) is 94.3 cm³/mol. The lowest BCUT2D eigenvalue weighted by molar-refractivity contribution is -0.385. The van der Waals surface area contributed by atoms with E-state index in [9.17, 15) is 25.0 Å². The Kier molecular flexibility index (Phi) is 5.02. The van der Waals surface area contributed by atoms with Crippen molar-refractivity contribution in [3.63, 3.8) is 0 Å². The number of hydrogen-bond donors (Lipinski definition) is 1. The van der Waals surface area contributed by atoms with Gasteiger partial charge in [-0.2, -0.15) is 5.10 Å². The van der Waals surface area contributed by atoms with Crippen molar-refractivity contribution in [2.45, 2.75) is 6.54 Å². The van der Waals surface area contributed by atoms with Gasteiger partial charge in [-0.05, 0) is 18.2 Å². The maximum atomic E-state index is 12.4. The molecule has 12 heteroatoms. The van der Waals surface area contributed by atoms with Gasteiger partial charge in [-0.25, -0.2) is 0 Å². The van der Waals surface area contributed by atoms with Gasteiger partial charge >= 0.3 is 5.69 Å². The molecule has 0 aliphatic rings. The standard InChI is InChI=1S/C16H13N5O7/c1-27-15-6-10(20(23)24)2-4-13(15)18-16(22)14-5-3-12(28-14)9-19-8-11(7-17-19)21(25)26/h2-8H,9H2,1H3,(H,18,22). The summed E-state index contributed by atoms with van der Waals surface area (Å²) in [5.41, 5.74) is -0.100. The Morgan fingerprint density at radius 3 is 2.61 bits per heavy atom. The number of non-ortho nitro benzene ring substituents is 1. The first-order chi connectivity index (χ1) is 13.4. The molecule has 1 N–H and O–H groups in total. The number of furan rings is 1. The van der Waals surface area contributed by atoms with E-state index >= 15 is 0 Å². The summed E-state index contributed by atoms with van der Waals surface area (Å²) in [4.78, 5) is 32.7. The molecule has 0 saturated heterocycles. The zero-order chi connectivity index (χ0) is 20.3. The van der Waals surface area contributed by atoms with Crippen molar-refractivity contribution in [2.24, 2.45) is 0 Å². The van der Waals surface area contributed by atoms with Crippen LogP contribution in [-0.4, -0.2) is 32.6 Å². The molecule has 0 aliphatic carbocycles. The molecule has 3 rings (SSSR count). The number of nitrogens with one attached hydrogen (secondary N) is 1. The molecule has 1 aromatic carbocycles. The fourth-order valence-electron chi connectivity index (χ4n) is 2.36. The molecule has 0 spiro atoms. The van der Waals surface area contributed by atoms with Gasteiger partial charge in [0, 0.05) is 6.07 Å². The summed E-state index contributed by atoms with van der Waals surface area (Å²) in [5.74, 6) is -0.126. The molecule has 144 valence electrons. The first-order valence-electron chi connectivity index (χ1n) is 7.76. The van der Waals surface area contributed by atoms with Crippen LogP contribution in [0.25, 0.3) is 0 Å². The van der Waals surface area contributed by atoms with E-state index in [1.54, 1.807) is 0 Å². The molecule has 0 bridgehead atoms. The van der Waals surface area contributed by atoms with Crippen molar-refractivity contribution < 1.29 is 23.8 Å². The number of amides is 1. The molecule has 3 aromatic rings. The van der Waals surface area contributed by atoms with Gasteiger partial charge in [0.2, 0.25) is 0 Å². The fraction of sp³-hybridized carbons (Fsp3) is 0.125. The van der Waals surface area contributed by atoms with Crippen LogP contribution in [0.15, 0.2) is 47.1 Å². The molecule has 2 heterocycles. The lowest BCUT2D eigenvalue weighted by atomic mass is 10.2. The summed E-state index contributed by atoms with van der Waals surface area (Å²) >= 11 is 0. The minimum absolute atomic E-state index is 0.0166. The molecule has 0 unspecified atom stereocenters. The van der Waals surface area contributed by atoms with Gasteiger partial charge in [0.1, 0.15) is 23.9 Å². The summed E-state index contributed by atoms with van der Waals surface area (Å²) in [6.07, 6.45) is 2.35. The normalized spacial score (nSPS) is 10.5. The monoisotopic (exact) mass is 387 g/mol. The maximum Gasteiger partial charge on any atom is 0.307 e. The summed E-state index contributed by atoms with van der Waals surface area (Å²) in [6.45, 7) is 0.0992.